The molecule has 1 fully saturated rings. The molecule has 0 bridgehead atoms. The van der Waals surface area contributed by atoms with Crippen molar-refractivity contribution in [2.24, 2.45) is 5.92 Å². The van der Waals surface area contributed by atoms with Crippen LogP contribution in [0.3, 0.4) is 0 Å². The lowest BCUT2D eigenvalue weighted by atomic mass is 10.1. The minimum Gasteiger partial charge on any atom is -0.326 e. The summed E-state index contributed by atoms with van der Waals surface area (Å²) in [5, 5.41) is 3.13. The Kier molecular flexibility index (Phi) is 4.53. The van der Waals surface area contributed by atoms with Gasteiger partial charge in [-0.05, 0) is 36.8 Å². The van der Waals surface area contributed by atoms with Crippen LogP contribution < -0.4 is 10.2 Å². The molecule has 2 amide bonds. The van der Waals surface area contributed by atoms with Crippen molar-refractivity contribution in [1.29, 1.82) is 0 Å². The van der Waals surface area contributed by atoms with Crippen LogP contribution in [0.5, 0.6) is 0 Å². The fourth-order valence-corrected chi connectivity index (χ4v) is 2.94. The van der Waals surface area contributed by atoms with Crippen LogP contribution in [-0.4, -0.2) is 18.4 Å². The van der Waals surface area contributed by atoms with E-state index in [9.17, 15) is 14.0 Å². The summed E-state index contributed by atoms with van der Waals surface area (Å²) >= 11 is 6.12. The number of halogens is 2. The number of nitrogens with zero attached hydrogens (tertiary/aromatic N) is 1. The van der Waals surface area contributed by atoms with E-state index in [1.807, 2.05) is 0 Å². The molecule has 0 saturated carbocycles. The number of carbonyl (C=O) groups excluding carboxylic acids is 2. The molecule has 0 aliphatic carbocycles. The number of hydrogen-bond donors (Lipinski definition) is 1. The van der Waals surface area contributed by atoms with Gasteiger partial charge in [0.25, 0.3) is 0 Å². The second-order valence-corrected chi connectivity index (χ2v) is 6.22. The van der Waals surface area contributed by atoms with E-state index >= 15 is 0 Å². The van der Waals surface area contributed by atoms with Crippen LogP contribution in [0.1, 0.15) is 12.0 Å². The van der Waals surface area contributed by atoms with E-state index in [0.717, 1.165) is 0 Å². The molecule has 1 N–H and O–H groups in total. The van der Waals surface area contributed by atoms with Crippen LogP contribution in [0.2, 0.25) is 5.02 Å². The summed E-state index contributed by atoms with van der Waals surface area (Å²) in [6.45, 7) is 1.90. The Morgan fingerprint density at radius 2 is 2.04 bits per heavy atom. The average molecular weight is 347 g/mol. The second kappa shape index (κ2) is 6.61. The molecular formula is C18H16ClFN2O2. The van der Waals surface area contributed by atoms with E-state index in [1.165, 1.54) is 11.0 Å². The SMILES string of the molecule is Cc1ccc(NC(=O)[C@@H]2CC(=O)N(c3ccccc3Cl)C2)cc1F. The first-order chi connectivity index (χ1) is 11.5. The van der Waals surface area contributed by atoms with Crippen LogP contribution >= 0.6 is 11.6 Å². The smallest absolute Gasteiger partial charge is 0.229 e. The average Bonchev–Trinajstić information content (AvgIpc) is 2.93. The number of rotatable bonds is 3. The minimum absolute atomic E-state index is 0.103. The highest BCUT2D eigenvalue weighted by Gasteiger charge is 2.35. The van der Waals surface area contributed by atoms with E-state index in [1.54, 1.807) is 43.3 Å². The van der Waals surface area contributed by atoms with Crippen molar-refractivity contribution in [3.63, 3.8) is 0 Å². The first kappa shape index (κ1) is 16.5. The number of benzene rings is 2. The zero-order valence-electron chi connectivity index (χ0n) is 13.1. The normalized spacial score (nSPS) is 17.2. The number of carbonyl (C=O) groups is 2. The summed E-state index contributed by atoms with van der Waals surface area (Å²) in [5.41, 5.74) is 1.49. The monoisotopic (exact) mass is 346 g/mol. The zero-order chi connectivity index (χ0) is 17.3. The van der Waals surface area contributed by atoms with Gasteiger partial charge >= 0.3 is 0 Å². The standard InChI is InChI=1S/C18H16ClFN2O2/c1-11-6-7-13(9-15(11)20)21-18(24)12-8-17(23)22(10-12)16-5-3-2-4-14(16)19/h2-7,9,12H,8,10H2,1H3,(H,21,24)/t12-/m1/s1. The van der Waals surface area contributed by atoms with E-state index in [-0.39, 0.29) is 30.6 Å². The van der Waals surface area contributed by atoms with Crippen molar-refractivity contribution < 1.29 is 14.0 Å². The fourth-order valence-electron chi connectivity index (χ4n) is 2.70. The quantitative estimate of drug-likeness (QED) is 0.919. The van der Waals surface area contributed by atoms with Gasteiger partial charge in [0.05, 0.1) is 16.6 Å². The molecule has 1 aliphatic heterocycles. The molecule has 1 aliphatic rings. The summed E-state index contributed by atoms with van der Waals surface area (Å²) in [6.07, 6.45) is 0.103. The fraction of sp³-hybridized carbons (Fsp3) is 0.222. The summed E-state index contributed by atoms with van der Waals surface area (Å²) in [7, 11) is 0. The van der Waals surface area contributed by atoms with E-state index in [2.05, 4.69) is 5.32 Å². The van der Waals surface area contributed by atoms with Gasteiger partial charge in [-0.2, -0.15) is 0 Å². The van der Waals surface area contributed by atoms with E-state index < -0.39 is 5.92 Å². The maximum Gasteiger partial charge on any atom is 0.229 e. The second-order valence-electron chi connectivity index (χ2n) is 5.81. The Morgan fingerprint density at radius 1 is 1.29 bits per heavy atom. The minimum atomic E-state index is -0.502. The van der Waals surface area contributed by atoms with Crippen LogP contribution in [0, 0.1) is 18.7 Å². The van der Waals surface area contributed by atoms with Gasteiger partial charge in [0.2, 0.25) is 11.8 Å². The maximum atomic E-state index is 13.6. The number of nitrogens with one attached hydrogen (secondary N) is 1. The van der Waals surface area contributed by atoms with Gasteiger partial charge in [-0.25, -0.2) is 4.39 Å². The van der Waals surface area contributed by atoms with Gasteiger partial charge in [0.1, 0.15) is 5.82 Å². The van der Waals surface area contributed by atoms with E-state index in [0.29, 0.717) is 22.0 Å². The number of aryl methyl sites for hydroxylation is 1. The molecule has 1 heterocycles. The van der Waals surface area contributed by atoms with Crippen molar-refractivity contribution in [2.45, 2.75) is 13.3 Å². The number of anilines is 2. The zero-order valence-corrected chi connectivity index (χ0v) is 13.8. The molecule has 2 aromatic carbocycles. The van der Waals surface area contributed by atoms with Crippen molar-refractivity contribution in [2.75, 3.05) is 16.8 Å². The summed E-state index contributed by atoms with van der Waals surface area (Å²) < 4.78 is 13.6. The Hall–Kier alpha value is -2.40. The third-order valence-corrected chi connectivity index (χ3v) is 4.40. The first-order valence-electron chi connectivity index (χ1n) is 7.57. The topological polar surface area (TPSA) is 49.4 Å². The molecule has 6 heteroatoms. The predicted octanol–water partition coefficient (Wildman–Crippen LogP) is 3.78. The molecule has 3 rings (SSSR count). The van der Waals surface area contributed by atoms with Crippen molar-refractivity contribution in [3.8, 4) is 0 Å². The van der Waals surface area contributed by atoms with Crippen molar-refractivity contribution in [1.82, 2.24) is 0 Å². The Morgan fingerprint density at radius 3 is 2.75 bits per heavy atom. The lowest BCUT2D eigenvalue weighted by Crippen LogP contribution is -2.28. The molecule has 4 nitrogen and oxygen atoms in total. The molecule has 0 unspecified atom stereocenters. The van der Waals surface area contributed by atoms with Crippen LogP contribution in [0.25, 0.3) is 0 Å². The summed E-state index contributed by atoms with van der Waals surface area (Å²) in [4.78, 5) is 26.1. The third kappa shape index (κ3) is 3.26. The molecule has 1 atom stereocenters. The summed E-state index contributed by atoms with van der Waals surface area (Å²) in [5.74, 6) is -1.34. The van der Waals surface area contributed by atoms with Crippen LogP contribution in [-0.2, 0) is 9.59 Å². The highest BCUT2D eigenvalue weighted by molar-refractivity contribution is 6.33. The molecule has 2 aromatic rings. The van der Waals surface area contributed by atoms with Gasteiger partial charge in [-0.15, -0.1) is 0 Å². The Balaban J connectivity index is 1.72. The molecule has 0 aromatic heterocycles. The molecule has 124 valence electrons. The van der Waals surface area contributed by atoms with Gasteiger partial charge < -0.3 is 10.2 Å². The maximum absolute atomic E-state index is 13.6. The highest BCUT2D eigenvalue weighted by Crippen LogP contribution is 2.31. The van der Waals surface area contributed by atoms with Crippen LogP contribution in [0.15, 0.2) is 42.5 Å². The van der Waals surface area contributed by atoms with Gasteiger partial charge in [0.15, 0.2) is 0 Å². The molecular weight excluding hydrogens is 331 g/mol. The number of amides is 2. The predicted molar refractivity (Wildman–Crippen MR) is 91.7 cm³/mol. The number of hydrogen-bond acceptors (Lipinski definition) is 2. The highest BCUT2D eigenvalue weighted by atomic mass is 35.5. The van der Waals surface area contributed by atoms with Crippen LogP contribution in [0.4, 0.5) is 15.8 Å². The van der Waals surface area contributed by atoms with Crippen molar-refractivity contribution in [3.05, 3.63) is 58.9 Å². The molecule has 24 heavy (non-hydrogen) atoms. The Labute approximate surface area is 144 Å². The van der Waals surface area contributed by atoms with E-state index in [4.69, 9.17) is 11.6 Å². The number of para-hydroxylation sites is 1. The summed E-state index contributed by atoms with van der Waals surface area (Å²) in [6, 6.07) is 11.5. The van der Waals surface area contributed by atoms with Gasteiger partial charge in [0, 0.05) is 18.7 Å². The molecule has 0 spiro atoms. The largest absolute Gasteiger partial charge is 0.326 e. The third-order valence-electron chi connectivity index (χ3n) is 4.08. The molecule has 0 radical (unpaired) electrons. The van der Waals surface area contributed by atoms with Gasteiger partial charge in [-0.3, -0.25) is 9.59 Å². The first-order valence-corrected chi connectivity index (χ1v) is 7.95. The molecule has 1 saturated heterocycles. The lowest BCUT2D eigenvalue weighted by molar-refractivity contribution is -0.122. The Bertz CT molecular complexity index is 809. The van der Waals surface area contributed by atoms with Crippen molar-refractivity contribution >= 4 is 34.8 Å². The lowest BCUT2D eigenvalue weighted by Gasteiger charge is -2.18. The van der Waals surface area contributed by atoms with Gasteiger partial charge in [-0.1, -0.05) is 29.8 Å².